The highest BCUT2D eigenvalue weighted by Crippen LogP contribution is 2.13. The molecule has 0 aliphatic heterocycles. The van der Waals surface area contributed by atoms with Gasteiger partial charge in [0.05, 0.1) is 10.6 Å². The Bertz CT molecular complexity index is 264. The zero-order valence-electron chi connectivity index (χ0n) is 6.74. The van der Waals surface area contributed by atoms with Gasteiger partial charge in [-0.1, -0.05) is 30.4 Å². The summed E-state index contributed by atoms with van der Waals surface area (Å²) in [5.41, 5.74) is 0.756. The molecule has 0 saturated heterocycles. The van der Waals surface area contributed by atoms with Gasteiger partial charge < -0.3 is 0 Å². The molecule has 12 heavy (non-hydrogen) atoms. The molecule has 1 radical (unpaired) electrons. The van der Waals surface area contributed by atoms with Crippen LogP contribution >= 0.6 is 24.0 Å². The lowest BCUT2D eigenvalue weighted by molar-refractivity contribution is -0.114. The van der Waals surface area contributed by atoms with E-state index >= 15 is 0 Å². The maximum absolute atomic E-state index is 11.4. The number of Topliss-reactive ketones (excluding diaryl/α,β-unsaturated/α-hetero) is 1. The van der Waals surface area contributed by atoms with Crippen molar-refractivity contribution < 1.29 is 4.79 Å². The highest BCUT2D eigenvalue weighted by atomic mass is 32.2. The molecular weight excluding hydrogens is 188 g/mol. The summed E-state index contributed by atoms with van der Waals surface area (Å²) in [4.78, 5) is 11.4. The maximum Gasteiger partial charge on any atom is 0.168 e. The predicted octanol–water partition coefficient (Wildman–Crippen LogP) is 2.34. The Labute approximate surface area is 81.9 Å². The van der Waals surface area contributed by atoms with Crippen molar-refractivity contribution in [1.82, 2.24) is 0 Å². The maximum atomic E-state index is 11.4. The number of ketones is 1. The van der Waals surface area contributed by atoms with E-state index in [9.17, 15) is 4.79 Å². The SMILES string of the molecule is CSC(=S)CC(=O)C1=C[CH]C=C1. The molecule has 0 bridgehead atoms. The summed E-state index contributed by atoms with van der Waals surface area (Å²) in [5, 5.41) is 0. The monoisotopic (exact) mass is 197 g/mol. The number of thioether (sulfide) groups is 1. The molecule has 0 amide bonds. The van der Waals surface area contributed by atoms with Crippen molar-refractivity contribution in [2.75, 3.05) is 6.26 Å². The molecule has 1 aliphatic rings. The van der Waals surface area contributed by atoms with Crippen LogP contribution in [0.2, 0.25) is 0 Å². The number of hydrogen-bond acceptors (Lipinski definition) is 3. The van der Waals surface area contributed by atoms with Gasteiger partial charge >= 0.3 is 0 Å². The van der Waals surface area contributed by atoms with Crippen LogP contribution in [0.4, 0.5) is 0 Å². The third-order valence-corrected chi connectivity index (χ3v) is 2.76. The van der Waals surface area contributed by atoms with Gasteiger partial charge in [-0.25, -0.2) is 0 Å². The Kier molecular flexibility index (Phi) is 3.69. The normalized spacial score (nSPS) is 14.6. The second-order valence-electron chi connectivity index (χ2n) is 2.35. The van der Waals surface area contributed by atoms with Gasteiger partial charge in [-0.3, -0.25) is 4.79 Å². The Morgan fingerprint density at radius 1 is 1.67 bits per heavy atom. The minimum Gasteiger partial charge on any atom is -0.294 e. The lowest BCUT2D eigenvalue weighted by atomic mass is 10.1. The lowest BCUT2D eigenvalue weighted by Crippen LogP contribution is -2.03. The minimum absolute atomic E-state index is 0.111. The van der Waals surface area contributed by atoms with E-state index in [4.69, 9.17) is 12.2 Å². The molecule has 0 aromatic heterocycles. The smallest absolute Gasteiger partial charge is 0.168 e. The molecule has 0 aromatic carbocycles. The van der Waals surface area contributed by atoms with Gasteiger partial charge in [0.1, 0.15) is 0 Å². The van der Waals surface area contributed by atoms with Crippen LogP contribution in [0.3, 0.4) is 0 Å². The first-order valence-corrected chi connectivity index (χ1v) is 5.19. The predicted molar refractivity (Wildman–Crippen MR) is 57.3 cm³/mol. The molecule has 0 atom stereocenters. The first-order valence-electron chi connectivity index (χ1n) is 3.56. The highest BCUT2D eigenvalue weighted by Gasteiger charge is 2.10. The summed E-state index contributed by atoms with van der Waals surface area (Å²) in [6.07, 6.45) is 9.60. The first-order chi connectivity index (χ1) is 5.74. The van der Waals surface area contributed by atoms with E-state index in [0.29, 0.717) is 6.42 Å². The number of carbonyl (C=O) groups is 1. The van der Waals surface area contributed by atoms with Crippen molar-refractivity contribution in [1.29, 1.82) is 0 Å². The zero-order valence-corrected chi connectivity index (χ0v) is 8.37. The number of rotatable bonds is 3. The number of hydrogen-bond donors (Lipinski definition) is 0. The third kappa shape index (κ3) is 2.57. The molecule has 1 rings (SSSR count). The van der Waals surface area contributed by atoms with Crippen LogP contribution in [0.25, 0.3) is 0 Å². The van der Waals surface area contributed by atoms with Crippen LogP contribution in [-0.2, 0) is 4.79 Å². The van der Waals surface area contributed by atoms with Crippen molar-refractivity contribution >= 4 is 34.0 Å². The van der Waals surface area contributed by atoms with Crippen LogP contribution in [0.5, 0.6) is 0 Å². The van der Waals surface area contributed by atoms with E-state index in [1.807, 2.05) is 30.9 Å². The molecule has 0 N–H and O–H groups in total. The van der Waals surface area contributed by atoms with Crippen molar-refractivity contribution in [3.8, 4) is 0 Å². The number of carbonyl (C=O) groups excluding carboxylic acids is 1. The molecule has 1 aliphatic carbocycles. The van der Waals surface area contributed by atoms with Crippen molar-refractivity contribution in [2.24, 2.45) is 0 Å². The van der Waals surface area contributed by atoms with Gasteiger partial charge in [0.25, 0.3) is 0 Å². The average Bonchev–Trinajstić information content (AvgIpc) is 2.56. The molecule has 63 valence electrons. The summed E-state index contributed by atoms with van der Waals surface area (Å²) in [6, 6.07) is 0. The average molecular weight is 197 g/mol. The lowest BCUT2D eigenvalue weighted by Gasteiger charge is -1.98. The molecule has 0 heterocycles. The molecule has 3 heteroatoms. The van der Waals surface area contributed by atoms with E-state index in [1.165, 1.54) is 11.8 Å². The molecule has 0 aromatic rings. The summed E-state index contributed by atoms with van der Waals surface area (Å²) in [5.74, 6) is 0.111. The van der Waals surface area contributed by atoms with Gasteiger partial charge in [-0.05, 0) is 6.26 Å². The van der Waals surface area contributed by atoms with Gasteiger partial charge in [0.2, 0.25) is 0 Å². The molecule has 1 nitrogen and oxygen atoms in total. The van der Waals surface area contributed by atoms with E-state index < -0.39 is 0 Å². The van der Waals surface area contributed by atoms with Crippen molar-refractivity contribution in [2.45, 2.75) is 6.42 Å². The topological polar surface area (TPSA) is 17.1 Å². The molecule has 0 spiro atoms. The molecular formula is C9H9OS2. The van der Waals surface area contributed by atoms with Crippen molar-refractivity contribution in [3.63, 3.8) is 0 Å². The standard InChI is InChI=1S/C9H9OS2/c1-12-9(11)6-8(10)7-4-2-3-5-7/h2-5H,6H2,1H3. The molecule has 0 fully saturated rings. The Morgan fingerprint density at radius 3 is 2.92 bits per heavy atom. The van der Waals surface area contributed by atoms with Crippen LogP contribution in [-0.4, -0.2) is 16.2 Å². The van der Waals surface area contributed by atoms with Gasteiger partial charge in [0.15, 0.2) is 5.78 Å². The van der Waals surface area contributed by atoms with E-state index in [0.717, 1.165) is 9.77 Å². The second-order valence-corrected chi connectivity index (χ2v) is 4.00. The van der Waals surface area contributed by atoms with E-state index in [1.54, 1.807) is 0 Å². The van der Waals surface area contributed by atoms with Crippen molar-refractivity contribution in [3.05, 3.63) is 30.2 Å². The summed E-state index contributed by atoms with van der Waals surface area (Å²) >= 11 is 6.41. The quantitative estimate of drug-likeness (QED) is 0.646. The van der Waals surface area contributed by atoms with Crippen LogP contribution in [0.1, 0.15) is 6.42 Å². The fourth-order valence-corrected chi connectivity index (χ4v) is 1.27. The van der Waals surface area contributed by atoms with Gasteiger partial charge in [0, 0.05) is 12.0 Å². The van der Waals surface area contributed by atoms with Crippen LogP contribution in [0, 0.1) is 6.42 Å². The fourth-order valence-electron chi connectivity index (χ4n) is 0.865. The largest absolute Gasteiger partial charge is 0.294 e. The van der Waals surface area contributed by atoms with Gasteiger partial charge in [-0.15, -0.1) is 11.8 Å². The Hall–Kier alpha value is -0.410. The zero-order chi connectivity index (χ0) is 8.97. The molecule has 0 unspecified atom stereocenters. The van der Waals surface area contributed by atoms with E-state index in [-0.39, 0.29) is 5.78 Å². The van der Waals surface area contributed by atoms with Crippen LogP contribution < -0.4 is 0 Å². The second kappa shape index (κ2) is 4.58. The van der Waals surface area contributed by atoms with Gasteiger partial charge in [-0.2, -0.15) is 0 Å². The summed E-state index contributed by atoms with van der Waals surface area (Å²) < 4.78 is 0.751. The Balaban J connectivity index is 2.49. The Morgan fingerprint density at radius 2 is 2.42 bits per heavy atom. The third-order valence-electron chi connectivity index (χ3n) is 1.52. The minimum atomic E-state index is 0.111. The summed E-state index contributed by atoms with van der Waals surface area (Å²) in [7, 11) is 0. The van der Waals surface area contributed by atoms with E-state index in [2.05, 4.69) is 0 Å². The fraction of sp³-hybridized carbons (Fsp3) is 0.222. The van der Waals surface area contributed by atoms with Crippen LogP contribution in [0.15, 0.2) is 23.8 Å². The highest BCUT2D eigenvalue weighted by molar-refractivity contribution is 8.22. The first kappa shape index (κ1) is 9.68. The number of thiocarbonyl (C=S) groups is 1. The summed E-state index contributed by atoms with van der Waals surface area (Å²) in [6.45, 7) is 0. The number of allylic oxidation sites excluding steroid dienone is 4. The molecule has 0 saturated carbocycles.